The minimum absolute atomic E-state index is 0.130. The number of aliphatic carboxylic acids is 1. The first-order valence-electron chi connectivity index (χ1n) is 4.87. The van der Waals surface area contributed by atoms with Gasteiger partial charge in [0.05, 0.1) is 12.2 Å². The van der Waals surface area contributed by atoms with Gasteiger partial charge in [0.2, 0.25) is 0 Å². The molecule has 0 bridgehead atoms. The zero-order valence-electron chi connectivity index (χ0n) is 8.86. The van der Waals surface area contributed by atoms with Crippen LogP contribution in [0.2, 0.25) is 0 Å². The van der Waals surface area contributed by atoms with Crippen molar-refractivity contribution >= 4 is 5.97 Å². The quantitative estimate of drug-likeness (QED) is 0.666. The molecule has 1 fully saturated rings. The maximum absolute atomic E-state index is 10.7. The Kier molecular flexibility index (Phi) is 3.17. The zero-order valence-corrected chi connectivity index (χ0v) is 8.86. The highest BCUT2D eigenvalue weighted by Gasteiger charge is 2.38. The Morgan fingerprint density at radius 2 is 1.93 bits per heavy atom. The molecule has 1 rings (SSSR count). The van der Waals surface area contributed by atoms with Crippen LogP contribution in [0.1, 0.15) is 33.6 Å². The van der Waals surface area contributed by atoms with E-state index in [1.54, 1.807) is 0 Å². The second-order valence-electron chi connectivity index (χ2n) is 4.94. The smallest absolute Gasteiger partial charge is 0.332 e. The molecular weight excluding hydrogens is 184 g/mol. The van der Waals surface area contributed by atoms with E-state index in [1.165, 1.54) is 0 Å². The van der Waals surface area contributed by atoms with E-state index in [0.717, 1.165) is 0 Å². The minimum atomic E-state index is -0.988. The lowest BCUT2D eigenvalue weighted by atomic mass is 9.83. The molecule has 0 spiro atoms. The largest absolute Gasteiger partial charge is 0.479 e. The number of aliphatic hydroxyl groups excluding tert-OH is 1. The lowest BCUT2D eigenvalue weighted by Crippen LogP contribution is -2.45. The number of aliphatic hydroxyl groups is 1. The molecule has 0 aliphatic carbocycles. The van der Waals surface area contributed by atoms with Gasteiger partial charge >= 0.3 is 5.97 Å². The molecule has 2 N–H and O–H groups in total. The number of hydrogen-bond acceptors (Lipinski definition) is 3. The number of ether oxygens (including phenoxy) is 1. The van der Waals surface area contributed by atoms with Gasteiger partial charge in [0.1, 0.15) is 0 Å². The number of carbonyl (C=O) groups is 1. The summed E-state index contributed by atoms with van der Waals surface area (Å²) in [5.74, 6) is -0.988. The molecule has 1 saturated heterocycles. The molecule has 1 heterocycles. The highest BCUT2D eigenvalue weighted by Crippen LogP contribution is 2.32. The van der Waals surface area contributed by atoms with Crippen molar-refractivity contribution < 1.29 is 19.7 Å². The Hall–Kier alpha value is -0.610. The van der Waals surface area contributed by atoms with Crippen molar-refractivity contribution in [3.63, 3.8) is 0 Å². The number of rotatable bonds is 1. The van der Waals surface area contributed by atoms with Crippen LogP contribution in [0, 0.1) is 5.41 Å². The molecule has 0 saturated carbocycles. The van der Waals surface area contributed by atoms with Gasteiger partial charge in [-0.05, 0) is 5.41 Å². The average molecular weight is 202 g/mol. The summed E-state index contributed by atoms with van der Waals surface area (Å²) >= 11 is 0. The van der Waals surface area contributed by atoms with Gasteiger partial charge in [-0.15, -0.1) is 0 Å². The molecule has 1 aliphatic rings. The second kappa shape index (κ2) is 3.87. The normalized spacial score (nSPS) is 34.1. The maximum atomic E-state index is 10.7. The predicted molar refractivity (Wildman–Crippen MR) is 51.0 cm³/mol. The summed E-state index contributed by atoms with van der Waals surface area (Å²) in [6.45, 7) is 5.94. The second-order valence-corrected chi connectivity index (χ2v) is 4.94. The third kappa shape index (κ3) is 2.69. The molecule has 0 amide bonds. The first-order valence-corrected chi connectivity index (χ1v) is 4.87. The third-order valence-corrected chi connectivity index (χ3v) is 2.54. The van der Waals surface area contributed by atoms with Crippen molar-refractivity contribution in [3.8, 4) is 0 Å². The van der Waals surface area contributed by atoms with Crippen molar-refractivity contribution in [2.24, 2.45) is 5.41 Å². The molecule has 0 aromatic heterocycles. The Bertz CT molecular complexity index is 219. The monoisotopic (exact) mass is 202 g/mol. The van der Waals surface area contributed by atoms with Gasteiger partial charge in [-0.1, -0.05) is 20.8 Å². The Morgan fingerprint density at radius 1 is 1.36 bits per heavy atom. The van der Waals surface area contributed by atoms with E-state index < -0.39 is 18.2 Å². The Labute approximate surface area is 83.9 Å². The van der Waals surface area contributed by atoms with Crippen LogP contribution in [0.5, 0.6) is 0 Å². The van der Waals surface area contributed by atoms with E-state index in [4.69, 9.17) is 9.84 Å². The Balaban J connectivity index is 2.68. The van der Waals surface area contributed by atoms with Crippen molar-refractivity contribution in [3.05, 3.63) is 0 Å². The van der Waals surface area contributed by atoms with Crippen molar-refractivity contribution in [1.82, 2.24) is 0 Å². The van der Waals surface area contributed by atoms with Crippen molar-refractivity contribution in [2.45, 2.75) is 51.9 Å². The fourth-order valence-electron chi connectivity index (χ4n) is 1.62. The summed E-state index contributed by atoms with van der Waals surface area (Å²) in [5, 5.41) is 18.3. The molecule has 4 heteroatoms. The molecular formula is C10H18O4. The van der Waals surface area contributed by atoms with Gasteiger partial charge in [-0.25, -0.2) is 4.79 Å². The Morgan fingerprint density at radius 3 is 2.36 bits per heavy atom. The SMILES string of the molecule is CC(C)(C)C1CC(O)CC(C(=O)O)O1. The molecule has 0 aromatic carbocycles. The van der Waals surface area contributed by atoms with Crippen LogP contribution in [0.15, 0.2) is 0 Å². The minimum Gasteiger partial charge on any atom is -0.479 e. The summed E-state index contributed by atoms with van der Waals surface area (Å²) in [4.78, 5) is 10.7. The van der Waals surface area contributed by atoms with Crippen LogP contribution < -0.4 is 0 Å². The van der Waals surface area contributed by atoms with Gasteiger partial charge in [0.15, 0.2) is 6.10 Å². The fraction of sp³-hybridized carbons (Fsp3) is 0.900. The molecule has 3 unspecified atom stereocenters. The summed E-state index contributed by atoms with van der Waals surface area (Å²) in [6, 6.07) is 0. The summed E-state index contributed by atoms with van der Waals surface area (Å²) < 4.78 is 5.42. The number of carboxylic acids is 1. The molecule has 4 nitrogen and oxygen atoms in total. The van der Waals surface area contributed by atoms with Crippen LogP contribution >= 0.6 is 0 Å². The molecule has 82 valence electrons. The summed E-state index contributed by atoms with van der Waals surface area (Å²) in [5.41, 5.74) is -0.130. The first kappa shape index (κ1) is 11.5. The van der Waals surface area contributed by atoms with E-state index in [0.29, 0.717) is 6.42 Å². The molecule has 1 aliphatic heterocycles. The maximum Gasteiger partial charge on any atom is 0.332 e. The fourth-order valence-corrected chi connectivity index (χ4v) is 1.62. The van der Waals surface area contributed by atoms with Crippen LogP contribution in [0.4, 0.5) is 0 Å². The van der Waals surface area contributed by atoms with Gasteiger partial charge < -0.3 is 14.9 Å². The van der Waals surface area contributed by atoms with Gasteiger partial charge in [0.25, 0.3) is 0 Å². The molecule has 3 atom stereocenters. The van der Waals surface area contributed by atoms with Crippen LogP contribution in [0.25, 0.3) is 0 Å². The predicted octanol–water partition coefficient (Wildman–Crippen LogP) is 1.03. The summed E-state index contributed by atoms with van der Waals surface area (Å²) in [6.07, 6.45) is -0.890. The van der Waals surface area contributed by atoms with Gasteiger partial charge in [0, 0.05) is 12.8 Å². The van der Waals surface area contributed by atoms with Gasteiger partial charge in [-0.2, -0.15) is 0 Å². The highest BCUT2D eigenvalue weighted by molar-refractivity contribution is 5.72. The van der Waals surface area contributed by atoms with E-state index >= 15 is 0 Å². The molecule has 0 aromatic rings. The van der Waals surface area contributed by atoms with E-state index in [9.17, 15) is 9.90 Å². The first-order chi connectivity index (χ1) is 6.30. The average Bonchev–Trinajstić information content (AvgIpc) is 2.01. The van der Waals surface area contributed by atoms with Crippen LogP contribution in [-0.4, -0.2) is 34.5 Å². The van der Waals surface area contributed by atoms with Crippen LogP contribution in [0.3, 0.4) is 0 Å². The van der Waals surface area contributed by atoms with Crippen molar-refractivity contribution in [2.75, 3.05) is 0 Å². The number of carboxylic acid groups (broad SMARTS) is 1. The van der Waals surface area contributed by atoms with Crippen molar-refractivity contribution in [1.29, 1.82) is 0 Å². The zero-order chi connectivity index (χ0) is 10.9. The van der Waals surface area contributed by atoms with E-state index in [-0.39, 0.29) is 17.9 Å². The molecule has 0 radical (unpaired) electrons. The molecule has 14 heavy (non-hydrogen) atoms. The summed E-state index contributed by atoms with van der Waals surface area (Å²) in [7, 11) is 0. The van der Waals surface area contributed by atoms with Crippen LogP contribution in [-0.2, 0) is 9.53 Å². The van der Waals surface area contributed by atoms with E-state index in [2.05, 4.69) is 0 Å². The standard InChI is InChI=1S/C10H18O4/c1-10(2,3)8-5-6(11)4-7(14-8)9(12)13/h6-8,11H,4-5H2,1-3H3,(H,12,13). The lowest BCUT2D eigenvalue weighted by molar-refractivity contribution is -0.176. The highest BCUT2D eigenvalue weighted by atomic mass is 16.5. The third-order valence-electron chi connectivity index (χ3n) is 2.54. The lowest BCUT2D eigenvalue weighted by Gasteiger charge is -2.38. The van der Waals surface area contributed by atoms with E-state index in [1.807, 2.05) is 20.8 Å². The topological polar surface area (TPSA) is 66.8 Å². The number of hydrogen-bond donors (Lipinski definition) is 2. The van der Waals surface area contributed by atoms with Gasteiger partial charge in [-0.3, -0.25) is 0 Å².